The van der Waals surface area contributed by atoms with E-state index in [1.807, 2.05) is 12.1 Å². The topological polar surface area (TPSA) is 52.6 Å². The van der Waals surface area contributed by atoms with E-state index in [4.69, 9.17) is 9.47 Å². The molecular formula is C29H23FO4. The zero-order chi connectivity index (χ0) is 24.5. The highest BCUT2D eigenvalue weighted by molar-refractivity contribution is 5.88. The molecule has 0 amide bonds. The van der Waals surface area contributed by atoms with Crippen LogP contribution < -0.4 is 9.47 Å². The molecule has 0 saturated heterocycles. The van der Waals surface area contributed by atoms with Crippen molar-refractivity contribution < 1.29 is 23.5 Å². The number of benzene rings is 3. The van der Waals surface area contributed by atoms with Gasteiger partial charge in [0.15, 0.2) is 0 Å². The van der Waals surface area contributed by atoms with E-state index in [0.717, 1.165) is 17.2 Å². The fourth-order valence-corrected chi connectivity index (χ4v) is 2.81. The zero-order valence-electron chi connectivity index (χ0n) is 18.7. The summed E-state index contributed by atoms with van der Waals surface area (Å²) in [6, 6.07) is 18.8. The highest BCUT2D eigenvalue weighted by Gasteiger charge is 2.05. The number of carbonyl (C=O) groups excluding carboxylic acids is 2. The van der Waals surface area contributed by atoms with Gasteiger partial charge in [0, 0.05) is 17.2 Å². The molecule has 3 aromatic rings. The molecule has 0 atom stereocenters. The number of esters is 2. The van der Waals surface area contributed by atoms with Crippen molar-refractivity contribution in [3.63, 3.8) is 0 Å². The molecule has 0 N–H and O–H groups in total. The van der Waals surface area contributed by atoms with Crippen molar-refractivity contribution >= 4 is 36.2 Å². The maximum Gasteiger partial charge on any atom is 0.338 e. The first-order valence-corrected chi connectivity index (χ1v) is 10.4. The number of hydrogen-bond donors (Lipinski definition) is 0. The van der Waals surface area contributed by atoms with E-state index < -0.39 is 11.9 Å². The Bertz CT molecular complexity index is 1270. The minimum atomic E-state index is -0.519. The summed E-state index contributed by atoms with van der Waals surface area (Å²) < 4.78 is 24.8. The maximum atomic E-state index is 14.6. The van der Waals surface area contributed by atoms with Crippen LogP contribution in [0.5, 0.6) is 11.5 Å². The van der Waals surface area contributed by atoms with E-state index >= 15 is 0 Å². The molecule has 0 aliphatic heterocycles. The van der Waals surface area contributed by atoms with Crippen LogP contribution in [0.1, 0.15) is 29.2 Å². The predicted octanol–water partition coefficient (Wildman–Crippen LogP) is 6.74. The van der Waals surface area contributed by atoms with Gasteiger partial charge < -0.3 is 9.47 Å². The Morgan fingerprint density at radius 2 is 1.26 bits per heavy atom. The summed E-state index contributed by atoms with van der Waals surface area (Å²) in [4.78, 5) is 22.8. The maximum absolute atomic E-state index is 14.6. The van der Waals surface area contributed by atoms with Crippen molar-refractivity contribution in [1.29, 1.82) is 0 Å². The number of rotatable bonds is 8. The number of hydrogen-bond acceptors (Lipinski definition) is 4. The lowest BCUT2D eigenvalue weighted by Crippen LogP contribution is -2.07. The van der Waals surface area contributed by atoms with Gasteiger partial charge >= 0.3 is 11.9 Å². The molecule has 4 nitrogen and oxygen atoms in total. The summed E-state index contributed by atoms with van der Waals surface area (Å²) in [5, 5.41) is 0. The fraction of sp³-hybridized carbons (Fsp3) is 0.0345. The predicted molar refractivity (Wildman–Crippen MR) is 133 cm³/mol. The van der Waals surface area contributed by atoms with Crippen LogP contribution in [0.2, 0.25) is 0 Å². The van der Waals surface area contributed by atoms with Gasteiger partial charge in [0.1, 0.15) is 17.3 Å². The van der Waals surface area contributed by atoms with Crippen LogP contribution >= 0.6 is 0 Å². The molecule has 0 heterocycles. The quantitative estimate of drug-likeness (QED) is 0.164. The average Bonchev–Trinajstić information content (AvgIpc) is 2.83. The van der Waals surface area contributed by atoms with Gasteiger partial charge in [0.2, 0.25) is 0 Å². The molecule has 0 aliphatic rings. The summed E-state index contributed by atoms with van der Waals surface area (Å²) in [6.45, 7) is 8.48. The second-order valence-corrected chi connectivity index (χ2v) is 7.38. The van der Waals surface area contributed by atoms with Crippen molar-refractivity contribution in [2.24, 2.45) is 0 Å². The Balaban J connectivity index is 1.63. The lowest BCUT2D eigenvalue weighted by atomic mass is 10.1. The molecule has 0 spiro atoms. The second-order valence-electron chi connectivity index (χ2n) is 7.38. The fourth-order valence-electron chi connectivity index (χ4n) is 2.81. The zero-order valence-corrected chi connectivity index (χ0v) is 18.7. The minimum Gasteiger partial charge on any atom is -0.423 e. The Morgan fingerprint density at radius 3 is 1.79 bits per heavy atom. The molecule has 0 aliphatic carbocycles. The third kappa shape index (κ3) is 7.00. The smallest absolute Gasteiger partial charge is 0.338 e. The summed E-state index contributed by atoms with van der Waals surface area (Å²) in [5.41, 5.74) is 3.19. The summed E-state index contributed by atoms with van der Waals surface area (Å²) >= 11 is 0. The van der Waals surface area contributed by atoms with Gasteiger partial charge in [-0.1, -0.05) is 73.9 Å². The van der Waals surface area contributed by atoms with E-state index in [0.29, 0.717) is 28.2 Å². The molecule has 0 bridgehead atoms. The molecule has 0 aromatic heterocycles. The van der Waals surface area contributed by atoms with E-state index in [9.17, 15) is 14.0 Å². The summed E-state index contributed by atoms with van der Waals surface area (Å²) in [7, 11) is 0. The van der Waals surface area contributed by atoms with Gasteiger partial charge in [-0.25, -0.2) is 14.0 Å². The third-order valence-electron chi connectivity index (χ3n) is 4.65. The molecule has 3 rings (SSSR count). The first-order chi connectivity index (χ1) is 16.3. The third-order valence-corrected chi connectivity index (χ3v) is 4.65. The molecule has 170 valence electrons. The van der Waals surface area contributed by atoms with Gasteiger partial charge in [0.25, 0.3) is 0 Å². The lowest BCUT2D eigenvalue weighted by molar-refractivity contribution is -0.130. The highest BCUT2D eigenvalue weighted by Crippen LogP contribution is 2.19. The molecule has 3 aromatic carbocycles. The highest BCUT2D eigenvalue weighted by atomic mass is 19.1. The van der Waals surface area contributed by atoms with Gasteiger partial charge in [-0.3, -0.25) is 0 Å². The van der Waals surface area contributed by atoms with Crippen LogP contribution in [0, 0.1) is 5.82 Å². The van der Waals surface area contributed by atoms with E-state index in [1.54, 1.807) is 79.7 Å². The number of halogens is 1. The average molecular weight is 454 g/mol. The van der Waals surface area contributed by atoms with E-state index in [-0.39, 0.29) is 5.82 Å². The summed E-state index contributed by atoms with van der Waals surface area (Å²) in [5.74, 6) is -0.511. The van der Waals surface area contributed by atoms with Crippen LogP contribution in [0.15, 0.2) is 91.5 Å². The summed E-state index contributed by atoms with van der Waals surface area (Å²) in [6.07, 6.45) is 8.19. The van der Waals surface area contributed by atoms with Crippen molar-refractivity contribution in [2.75, 3.05) is 0 Å². The standard InChI is InChI=1S/C29H23FO4/c1-4-28(31)33-25-15-9-21(10-16-25)5-6-23-8-14-24(27(30)19-23)13-7-22-11-17-26(18-12-22)34-29(32)20(2)3/h4-19H,1-2H2,3H3/b6-5+,13-7+. The minimum absolute atomic E-state index is 0.321. The SMILES string of the molecule is C=CC(=O)Oc1ccc(/C=C/c2ccc(/C=C/c3ccc(OC(=O)C(=C)C)cc3)c(F)c2)cc1. The van der Waals surface area contributed by atoms with Crippen LogP contribution in [-0.4, -0.2) is 11.9 Å². The number of carbonyl (C=O) groups is 2. The van der Waals surface area contributed by atoms with Crippen molar-refractivity contribution in [3.8, 4) is 11.5 Å². The van der Waals surface area contributed by atoms with Crippen LogP contribution in [0.3, 0.4) is 0 Å². The van der Waals surface area contributed by atoms with Crippen LogP contribution in [0.4, 0.5) is 4.39 Å². The van der Waals surface area contributed by atoms with Crippen LogP contribution in [0.25, 0.3) is 24.3 Å². The van der Waals surface area contributed by atoms with Gasteiger partial charge in [-0.15, -0.1) is 0 Å². The van der Waals surface area contributed by atoms with Gasteiger partial charge in [0.05, 0.1) is 0 Å². The Morgan fingerprint density at radius 1 is 0.765 bits per heavy atom. The molecule has 34 heavy (non-hydrogen) atoms. The monoisotopic (exact) mass is 454 g/mol. The van der Waals surface area contributed by atoms with Gasteiger partial charge in [-0.05, 0) is 53.9 Å². The second kappa shape index (κ2) is 11.4. The Hall–Kier alpha value is -4.51. The molecule has 0 radical (unpaired) electrons. The van der Waals surface area contributed by atoms with Crippen molar-refractivity contribution in [3.05, 3.63) is 120 Å². The molecule has 5 heteroatoms. The first-order valence-electron chi connectivity index (χ1n) is 10.4. The van der Waals surface area contributed by atoms with Crippen LogP contribution in [-0.2, 0) is 9.59 Å². The van der Waals surface area contributed by atoms with Crippen molar-refractivity contribution in [1.82, 2.24) is 0 Å². The molecule has 0 saturated carbocycles. The van der Waals surface area contributed by atoms with E-state index in [1.165, 1.54) is 6.07 Å². The van der Waals surface area contributed by atoms with E-state index in [2.05, 4.69) is 13.2 Å². The van der Waals surface area contributed by atoms with Gasteiger partial charge in [-0.2, -0.15) is 0 Å². The first kappa shape index (κ1) is 24.1. The number of ether oxygens (including phenoxy) is 2. The largest absolute Gasteiger partial charge is 0.423 e. The van der Waals surface area contributed by atoms with Crippen molar-refractivity contribution in [2.45, 2.75) is 6.92 Å². The molecular weight excluding hydrogens is 431 g/mol. The lowest BCUT2D eigenvalue weighted by Gasteiger charge is -2.04. The molecule has 0 unspecified atom stereocenters. The normalized spacial score (nSPS) is 10.9. The Kier molecular flexibility index (Phi) is 8.08. The molecule has 0 fully saturated rings. The Labute approximate surface area is 198 Å².